The summed E-state index contributed by atoms with van der Waals surface area (Å²) in [5, 5.41) is 7.52. The van der Waals surface area contributed by atoms with E-state index in [1.165, 1.54) is 23.5 Å². The van der Waals surface area contributed by atoms with Crippen molar-refractivity contribution in [1.82, 2.24) is 14.8 Å². The molecule has 29 heavy (non-hydrogen) atoms. The summed E-state index contributed by atoms with van der Waals surface area (Å²) < 4.78 is 40.3. The van der Waals surface area contributed by atoms with Crippen LogP contribution in [-0.2, 0) is 19.0 Å². The first-order chi connectivity index (χ1) is 13.9. The standard InChI is InChI=1S/C22H18F3N3S/c1-2-19-14-29-21(26-19)28-13-17(20(27-28)16-6-4-3-5-7-16)12-15-8-10-18(11-9-15)22(23,24)25/h3-11,13-14H,2,12H2,1H3. The van der Waals surface area contributed by atoms with Crippen molar-refractivity contribution in [2.45, 2.75) is 25.9 Å². The van der Waals surface area contributed by atoms with Gasteiger partial charge in [0.05, 0.1) is 17.0 Å². The number of thiazole rings is 1. The van der Waals surface area contributed by atoms with E-state index in [2.05, 4.69) is 4.98 Å². The lowest BCUT2D eigenvalue weighted by atomic mass is 10.0. The van der Waals surface area contributed by atoms with E-state index in [1.807, 2.05) is 48.8 Å². The highest BCUT2D eigenvalue weighted by Crippen LogP contribution is 2.31. The number of nitrogens with zero attached hydrogens (tertiary/aromatic N) is 3. The van der Waals surface area contributed by atoms with E-state index in [1.54, 1.807) is 4.68 Å². The molecule has 148 valence electrons. The maximum absolute atomic E-state index is 12.8. The van der Waals surface area contributed by atoms with Crippen LogP contribution in [-0.4, -0.2) is 14.8 Å². The van der Waals surface area contributed by atoms with Crippen molar-refractivity contribution in [3.8, 4) is 16.4 Å². The summed E-state index contributed by atoms with van der Waals surface area (Å²) in [6, 6.07) is 15.0. The van der Waals surface area contributed by atoms with Gasteiger partial charge in [0.1, 0.15) is 0 Å². The molecule has 0 amide bonds. The van der Waals surface area contributed by atoms with Crippen LogP contribution in [0.5, 0.6) is 0 Å². The zero-order chi connectivity index (χ0) is 20.4. The maximum Gasteiger partial charge on any atom is 0.416 e. The van der Waals surface area contributed by atoms with E-state index in [9.17, 15) is 13.2 Å². The Balaban J connectivity index is 1.71. The number of benzene rings is 2. The van der Waals surface area contributed by atoms with Crippen molar-refractivity contribution in [3.05, 3.63) is 88.6 Å². The highest BCUT2D eigenvalue weighted by atomic mass is 32.1. The number of aryl methyl sites for hydroxylation is 1. The van der Waals surface area contributed by atoms with Gasteiger partial charge < -0.3 is 0 Å². The van der Waals surface area contributed by atoms with Crippen LogP contribution in [0.25, 0.3) is 16.4 Å². The Hall–Kier alpha value is -2.93. The lowest BCUT2D eigenvalue weighted by Gasteiger charge is -2.08. The maximum atomic E-state index is 12.8. The van der Waals surface area contributed by atoms with Crippen molar-refractivity contribution < 1.29 is 13.2 Å². The van der Waals surface area contributed by atoms with E-state index in [0.717, 1.165) is 51.8 Å². The number of alkyl halides is 3. The molecule has 2 aromatic heterocycles. The molecule has 0 N–H and O–H groups in total. The molecular weight excluding hydrogens is 395 g/mol. The predicted molar refractivity (Wildman–Crippen MR) is 108 cm³/mol. The summed E-state index contributed by atoms with van der Waals surface area (Å²) in [7, 11) is 0. The first-order valence-electron chi connectivity index (χ1n) is 9.19. The number of hydrogen-bond acceptors (Lipinski definition) is 3. The molecule has 0 aliphatic heterocycles. The monoisotopic (exact) mass is 413 g/mol. The Labute approximate surface area is 170 Å². The Bertz CT molecular complexity index is 1100. The van der Waals surface area contributed by atoms with Gasteiger partial charge >= 0.3 is 6.18 Å². The Morgan fingerprint density at radius 2 is 1.72 bits per heavy atom. The van der Waals surface area contributed by atoms with Gasteiger partial charge in [0.15, 0.2) is 0 Å². The molecule has 2 heterocycles. The van der Waals surface area contributed by atoms with Gasteiger partial charge in [0.2, 0.25) is 5.13 Å². The second-order valence-corrected chi connectivity index (χ2v) is 7.50. The van der Waals surface area contributed by atoms with Gasteiger partial charge in [-0.05, 0) is 24.1 Å². The zero-order valence-electron chi connectivity index (χ0n) is 15.6. The minimum absolute atomic E-state index is 0.481. The van der Waals surface area contributed by atoms with Gasteiger partial charge in [-0.1, -0.05) is 49.4 Å². The van der Waals surface area contributed by atoms with Crippen molar-refractivity contribution in [2.75, 3.05) is 0 Å². The minimum Gasteiger partial charge on any atom is -0.223 e. The smallest absolute Gasteiger partial charge is 0.223 e. The first-order valence-corrected chi connectivity index (χ1v) is 10.1. The summed E-state index contributed by atoms with van der Waals surface area (Å²) in [6.07, 6.45) is -1.09. The number of halogens is 3. The minimum atomic E-state index is -4.33. The van der Waals surface area contributed by atoms with Gasteiger partial charge in [-0.15, -0.1) is 11.3 Å². The van der Waals surface area contributed by atoms with Gasteiger partial charge in [-0.2, -0.15) is 18.3 Å². The molecule has 0 spiro atoms. The molecule has 2 aromatic carbocycles. The Morgan fingerprint density at radius 3 is 2.34 bits per heavy atom. The average Bonchev–Trinajstić information content (AvgIpc) is 3.35. The van der Waals surface area contributed by atoms with Crippen LogP contribution in [0.15, 0.2) is 66.2 Å². The van der Waals surface area contributed by atoms with E-state index < -0.39 is 11.7 Å². The molecule has 0 aliphatic rings. The van der Waals surface area contributed by atoms with Crippen molar-refractivity contribution >= 4 is 11.3 Å². The van der Waals surface area contributed by atoms with Crippen molar-refractivity contribution in [1.29, 1.82) is 0 Å². The lowest BCUT2D eigenvalue weighted by Crippen LogP contribution is -2.04. The molecule has 0 aliphatic carbocycles. The zero-order valence-corrected chi connectivity index (χ0v) is 16.5. The fourth-order valence-corrected chi connectivity index (χ4v) is 3.90. The average molecular weight is 413 g/mol. The van der Waals surface area contributed by atoms with Crippen LogP contribution in [0.1, 0.15) is 29.3 Å². The van der Waals surface area contributed by atoms with Gasteiger partial charge in [0.25, 0.3) is 0 Å². The highest BCUT2D eigenvalue weighted by molar-refractivity contribution is 7.12. The summed E-state index contributed by atoms with van der Waals surface area (Å²) in [5.74, 6) is 0. The van der Waals surface area contributed by atoms with Crippen LogP contribution in [0, 0.1) is 0 Å². The molecule has 4 rings (SSSR count). The second-order valence-electron chi connectivity index (χ2n) is 6.66. The van der Waals surface area contributed by atoms with Gasteiger partial charge in [0, 0.05) is 29.1 Å². The molecule has 0 saturated carbocycles. The Morgan fingerprint density at radius 1 is 1.00 bits per heavy atom. The molecule has 4 aromatic rings. The summed E-state index contributed by atoms with van der Waals surface area (Å²) in [4.78, 5) is 4.59. The molecule has 3 nitrogen and oxygen atoms in total. The van der Waals surface area contributed by atoms with E-state index >= 15 is 0 Å². The van der Waals surface area contributed by atoms with Crippen molar-refractivity contribution in [3.63, 3.8) is 0 Å². The summed E-state index contributed by atoms with van der Waals surface area (Å²) in [6.45, 7) is 2.05. The quantitative estimate of drug-likeness (QED) is 0.392. The third-order valence-electron chi connectivity index (χ3n) is 4.61. The Kier molecular flexibility index (Phi) is 5.24. The second kappa shape index (κ2) is 7.83. The van der Waals surface area contributed by atoms with E-state index in [0.29, 0.717) is 6.42 Å². The third kappa shape index (κ3) is 4.24. The van der Waals surface area contributed by atoms with Gasteiger partial charge in [-0.3, -0.25) is 0 Å². The first kappa shape index (κ1) is 19.4. The largest absolute Gasteiger partial charge is 0.416 e. The van der Waals surface area contributed by atoms with Crippen molar-refractivity contribution in [2.24, 2.45) is 0 Å². The fraction of sp³-hybridized carbons (Fsp3) is 0.182. The number of hydrogen-bond donors (Lipinski definition) is 0. The normalized spacial score (nSPS) is 11.7. The SMILES string of the molecule is CCc1csc(-n2cc(Cc3ccc(C(F)(F)F)cc3)c(-c3ccccc3)n2)n1. The molecule has 0 bridgehead atoms. The van der Waals surface area contributed by atoms with Crippen LogP contribution >= 0.6 is 11.3 Å². The van der Waals surface area contributed by atoms with E-state index in [4.69, 9.17) is 5.10 Å². The van der Waals surface area contributed by atoms with Crippen LogP contribution in [0.4, 0.5) is 13.2 Å². The predicted octanol–water partition coefficient (Wildman–Crippen LogP) is 6.17. The topological polar surface area (TPSA) is 30.7 Å². The summed E-state index contributed by atoms with van der Waals surface area (Å²) >= 11 is 1.52. The van der Waals surface area contributed by atoms with Crippen LogP contribution < -0.4 is 0 Å². The molecule has 0 fully saturated rings. The molecule has 0 saturated heterocycles. The lowest BCUT2D eigenvalue weighted by molar-refractivity contribution is -0.137. The van der Waals surface area contributed by atoms with E-state index in [-0.39, 0.29) is 0 Å². The molecule has 0 unspecified atom stereocenters. The molecule has 7 heteroatoms. The molecular formula is C22H18F3N3S. The summed E-state index contributed by atoms with van der Waals surface area (Å²) in [5.41, 5.74) is 3.85. The highest BCUT2D eigenvalue weighted by Gasteiger charge is 2.30. The third-order valence-corrected chi connectivity index (χ3v) is 5.49. The van der Waals surface area contributed by atoms with Crippen LogP contribution in [0.2, 0.25) is 0 Å². The molecule has 0 atom stereocenters. The number of aromatic nitrogens is 3. The number of rotatable bonds is 5. The fourth-order valence-electron chi connectivity index (χ4n) is 3.07. The molecule has 0 radical (unpaired) electrons. The van der Waals surface area contributed by atoms with Crippen LogP contribution in [0.3, 0.4) is 0 Å². The van der Waals surface area contributed by atoms with Gasteiger partial charge in [-0.25, -0.2) is 9.67 Å².